The first-order chi connectivity index (χ1) is 9.15. The van der Waals surface area contributed by atoms with Gasteiger partial charge in [-0.2, -0.15) is 5.10 Å². The molecule has 0 aromatic carbocycles. The van der Waals surface area contributed by atoms with Gasteiger partial charge >= 0.3 is 0 Å². The lowest BCUT2D eigenvalue weighted by molar-refractivity contribution is -0.156. The van der Waals surface area contributed by atoms with Crippen molar-refractivity contribution in [3.63, 3.8) is 0 Å². The Labute approximate surface area is 123 Å². The molecule has 0 aliphatic heterocycles. The number of rotatable bonds is 9. The third-order valence-electron chi connectivity index (χ3n) is 2.78. The number of nitrogens with one attached hydrogen (secondary N) is 1. The average Bonchev–Trinajstić information content (AvgIpc) is 2.71. The third kappa shape index (κ3) is 4.56. The fourth-order valence-corrected chi connectivity index (χ4v) is 2.56. The summed E-state index contributed by atoms with van der Waals surface area (Å²) < 4.78 is 14.3. The van der Waals surface area contributed by atoms with Gasteiger partial charge in [0.05, 0.1) is 16.4 Å². The van der Waals surface area contributed by atoms with Crippen LogP contribution in [0.3, 0.4) is 0 Å². The molecule has 0 saturated carbocycles. The summed E-state index contributed by atoms with van der Waals surface area (Å²) in [5.74, 6) is 0. The quantitative estimate of drug-likeness (QED) is 0.706. The number of aromatic nitrogens is 2. The zero-order chi connectivity index (χ0) is 14.3. The summed E-state index contributed by atoms with van der Waals surface area (Å²) in [5.41, 5.74) is 1.04. The molecule has 0 fully saturated rings. The molecule has 0 amide bonds. The molecule has 1 aromatic rings. The van der Waals surface area contributed by atoms with Gasteiger partial charge in [0.2, 0.25) is 0 Å². The van der Waals surface area contributed by atoms with Crippen LogP contribution in [-0.4, -0.2) is 35.8 Å². The van der Waals surface area contributed by atoms with Crippen LogP contribution in [0.4, 0.5) is 0 Å². The van der Waals surface area contributed by atoms with Gasteiger partial charge in [-0.1, -0.05) is 6.92 Å². The van der Waals surface area contributed by atoms with Crippen LogP contribution in [0.2, 0.25) is 0 Å². The van der Waals surface area contributed by atoms with Gasteiger partial charge in [-0.15, -0.1) is 0 Å². The van der Waals surface area contributed by atoms with Gasteiger partial charge in [0, 0.05) is 20.3 Å². The minimum Gasteiger partial charge on any atom is -0.351 e. The summed E-state index contributed by atoms with van der Waals surface area (Å²) in [5, 5.41) is 7.75. The lowest BCUT2D eigenvalue weighted by atomic mass is 10.2. The Morgan fingerprint density at radius 2 is 1.95 bits per heavy atom. The molecular formula is C13H24BrN3O2. The first-order valence-electron chi connectivity index (χ1n) is 6.79. The van der Waals surface area contributed by atoms with E-state index in [1.165, 1.54) is 0 Å². The highest BCUT2D eigenvalue weighted by atomic mass is 79.9. The molecule has 1 heterocycles. The highest BCUT2D eigenvalue weighted by Gasteiger charge is 2.28. The van der Waals surface area contributed by atoms with E-state index in [1.54, 1.807) is 6.20 Å². The number of hydrogen-bond donors (Lipinski definition) is 1. The summed E-state index contributed by atoms with van der Waals surface area (Å²) in [6, 6.07) is -0.0401. The van der Waals surface area contributed by atoms with Crippen LogP contribution in [0.1, 0.15) is 38.9 Å². The maximum absolute atomic E-state index is 5.73. The van der Waals surface area contributed by atoms with Crippen molar-refractivity contribution in [2.45, 2.75) is 39.5 Å². The highest BCUT2D eigenvalue weighted by Crippen LogP contribution is 2.27. The molecular weight excluding hydrogens is 310 g/mol. The zero-order valence-electron chi connectivity index (χ0n) is 12.1. The number of halogens is 1. The Kier molecular flexibility index (Phi) is 7.60. The van der Waals surface area contributed by atoms with Crippen molar-refractivity contribution in [2.24, 2.45) is 7.05 Å². The Hall–Kier alpha value is -0.430. The minimum absolute atomic E-state index is 0.0401. The van der Waals surface area contributed by atoms with Gasteiger partial charge in [0.15, 0.2) is 6.29 Å². The number of aryl methyl sites for hydroxylation is 1. The number of hydrogen-bond acceptors (Lipinski definition) is 4. The van der Waals surface area contributed by atoms with Crippen LogP contribution in [0.5, 0.6) is 0 Å². The standard InChI is InChI=1S/C13H24BrN3O2/c1-5-8-15-11(13(18-6-2)19-7-3)12-10(14)9-16-17(12)4/h9,11,13,15H,5-8H2,1-4H3. The predicted molar refractivity (Wildman–Crippen MR) is 79.0 cm³/mol. The molecule has 0 aliphatic rings. The largest absolute Gasteiger partial charge is 0.351 e. The second-order valence-electron chi connectivity index (χ2n) is 4.21. The summed E-state index contributed by atoms with van der Waals surface area (Å²) in [6.45, 7) is 8.22. The maximum Gasteiger partial charge on any atom is 0.178 e. The second-order valence-corrected chi connectivity index (χ2v) is 5.07. The van der Waals surface area contributed by atoms with Gasteiger partial charge in [-0.25, -0.2) is 0 Å². The summed E-state index contributed by atoms with van der Waals surface area (Å²) >= 11 is 3.55. The molecule has 1 N–H and O–H groups in total. The topological polar surface area (TPSA) is 48.3 Å². The summed E-state index contributed by atoms with van der Waals surface area (Å²) in [6.07, 6.45) is 2.54. The molecule has 1 aromatic heterocycles. The van der Waals surface area contributed by atoms with E-state index in [4.69, 9.17) is 9.47 Å². The van der Waals surface area contributed by atoms with Crippen molar-refractivity contribution in [1.29, 1.82) is 0 Å². The van der Waals surface area contributed by atoms with Crippen molar-refractivity contribution in [3.05, 3.63) is 16.4 Å². The molecule has 0 radical (unpaired) electrons. The van der Waals surface area contributed by atoms with E-state index >= 15 is 0 Å². The molecule has 110 valence electrons. The summed E-state index contributed by atoms with van der Waals surface area (Å²) in [4.78, 5) is 0. The van der Waals surface area contributed by atoms with Crippen molar-refractivity contribution >= 4 is 15.9 Å². The van der Waals surface area contributed by atoms with E-state index in [-0.39, 0.29) is 12.3 Å². The molecule has 0 spiro atoms. The third-order valence-corrected chi connectivity index (χ3v) is 3.39. The van der Waals surface area contributed by atoms with E-state index < -0.39 is 0 Å². The van der Waals surface area contributed by atoms with Gasteiger partial charge in [0.25, 0.3) is 0 Å². The van der Waals surface area contributed by atoms with Crippen LogP contribution in [0, 0.1) is 0 Å². The van der Waals surface area contributed by atoms with Crippen LogP contribution in [0.25, 0.3) is 0 Å². The molecule has 19 heavy (non-hydrogen) atoms. The molecule has 0 aliphatic carbocycles. The lowest BCUT2D eigenvalue weighted by Crippen LogP contribution is -2.37. The second kappa shape index (κ2) is 8.68. The van der Waals surface area contributed by atoms with Crippen LogP contribution in [-0.2, 0) is 16.5 Å². The van der Waals surface area contributed by atoms with Crippen molar-refractivity contribution in [2.75, 3.05) is 19.8 Å². The molecule has 1 atom stereocenters. The number of nitrogens with zero attached hydrogens (tertiary/aromatic N) is 2. The highest BCUT2D eigenvalue weighted by molar-refractivity contribution is 9.10. The van der Waals surface area contributed by atoms with E-state index in [2.05, 4.69) is 33.3 Å². The summed E-state index contributed by atoms with van der Waals surface area (Å²) in [7, 11) is 1.93. The van der Waals surface area contributed by atoms with E-state index in [0.29, 0.717) is 13.2 Å². The first kappa shape index (κ1) is 16.6. The van der Waals surface area contributed by atoms with E-state index in [9.17, 15) is 0 Å². The van der Waals surface area contributed by atoms with Crippen LogP contribution >= 0.6 is 15.9 Å². The van der Waals surface area contributed by atoms with Crippen molar-refractivity contribution < 1.29 is 9.47 Å². The monoisotopic (exact) mass is 333 g/mol. The average molecular weight is 334 g/mol. The number of ether oxygens (including phenoxy) is 2. The molecule has 5 nitrogen and oxygen atoms in total. The van der Waals surface area contributed by atoms with E-state index in [1.807, 2.05) is 25.6 Å². The normalized spacial score (nSPS) is 13.2. The Morgan fingerprint density at radius 1 is 1.32 bits per heavy atom. The Balaban J connectivity index is 2.97. The molecule has 1 unspecified atom stereocenters. The first-order valence-corrected chi connectivity index (χ1v) is 7.58. The van der Waals surface area contributed by atoms with Crippen LogP contribution in [0.15, 0.2) is 10.7 Å². The smallest absolute Gasteiger partial charge is 0.178 e. The zero-order valence-corrected chi connectivity index (χ0v) is 13.7. The maximum atomic E-state index is 5.73. The van der Waals surface area contributed by atoms with Crippen molar-refractivity contribution in [1.82, 2.24) is 15.1 Å². The van der Waals surface area contributed by atoms with Gasteiger partial charge < -0.3 is 14.8 Å². The molecule has 0 bridgehead atoms. The lowest BCUT2D eigenvalue weighted by Gasteiger charge is -2.28. The van der Waals surface area contributed by atoms with Gasteiger partial charge in [-0.3, -0.25) is 4.68 Å². The van der Waals surface area contributed by atoms with E-state index in [0.717, 1.165) is 23.1 Å². The molecule has 6 heteroatoms. The Morgan fingerprint density at radius 3 is 2.37 bits per heavy atom. The Bertz CT molecular complexity index is 345. The van der Waals surface area contributed by atoms with Gasteiger partial charge in [0.1, 0.15) is 6.04 Å². The van der Waals surface area contributed by atoms with Crippen LogP contribution < -0.4 is 5.32 Å². The predicted octanol–water partition coefficient (Wildman–Crippen LogP) is 2.62. The SMILES string of the molecule is CCCNC(c1c(Br)cnn1C)C(OCC)OCC. The molecule has 0 saturated heterocycles. The fraction of sp³-hybridized carbons (Fsp3) is 0.769. The fourth-order valence-electron chi connectivity index (χ4n) is 1.96. The van der Waals surface area contributed by atoms with Gasteiger partial charge in [-0.05, 0) is 42.7 Å². The van der Waals surface area contributed by atoms with Crippen molar-refractivity contribution in [3.8, 4) is 0 Å². The minimum atomic E-state index is -0.312. The molecule has 1 rings (SSSR count).